The molecule has 3 rings (SSSR count). The quantitative estimate of drug-likeness (QED) is 0.292. The molecule has 1 fully saturated rings. The van der Waals surface area contributed by atoms with E-state index in [1.54, 1.807) is 46.2 Å². The van der Waals surface area contributed by atoms with Gasteiger partial charge in [0.25, 0.3) is 0 Å². The number of hydrogen-bond donors (Lipinski definition) is 0. The third-order valence-corrected chi connectivity index (χ3v) is 7.94. The van der Waals surface area contributed by atoms with E-state index in [0.717, 1.165) is 5.39 Å². The van der Waals surface area contributed by atoms with E-state index in [1.807, 2.05) is 0 Å². The van der Waals surface area contributed by atoms with Gasteiger partial charge in [0, 0.05) is 30.1 Å². The third-order valence-electron chi connectivity index (χ3n) is 5.11. The van der Waals surface area contributed by atoms with Crippen molar-refractivity contribution in [2.75, 3.05) is 0 Å². The lowest BCUT2D eigenvalue weighted by Gasteiger charge is -2.35. The molecule has 0 radical (unpaired) electrons. The monoisotopic (exact) mass is 423 g/mol. The Kier molecular flexibility index (Phi) is 5.44. The summed E-state index contributed by atoms with van der Waals surface area (Å²) in [6, 6.07) is 1.68. The van der Waals surface area contributed by atoms with Gasteiger partial charge in [-0.1, -0.05) is 30.6 Å². The summed E-state index contributed by atoms with van der Waals surface area (Å²) < 4.78 is 30.5. The second-order valence-electron chi connectivity index (χ2n) is 7.75. The van der Waals surface area contributed by atoms with E-state index in [9.17, 15) is 8.42 Å². The molecular formula is C18H22ClN5O3S. The molecule has 0 aromatic carbocycles. The third kappa shape index (κ3) is 3.74. The predicted molar refractivity (Wildman–Crippen MR) is 108 cm³/mol. The minimum absolute atomic E-state index is 0.221. The zero-order valence-corrected chi connectivity index (χ0v) is 17.7. The molecule has 1 aliphatic rings. The van der Waals surface area contributed by atoms with Crippen molar-refractivity contribution in [2.45, 2.75) is 62.7 Å². The molecule has 0 unspecified atom stereocenters. The minimum Gasteiger partial charge on any atom is -0.474 e. The molecule has 8 nitrogen and oxygen atoms in total. The molecule has 0 atom stereocenters. The lowest BCUT2D eigenvalue weighted by atomic mass is 9.92. The lowest BCUT2D eigenvalue weighted by molar-refractivity contribution is 0.119. The molecule has 2 aromatic heterocycles. The van der Waals surface area contributed by atoms with Crippen LogP contribution in [0.25, 0.3) is 21.2 Å². The molecule has 0 spiro atoms. The molecule has 0 amide bonds. The number of halogens is 1. The maximum absolute atomic E-state index is 12.2. The molecule has 0 aliphatic heterocycles. The van der Waals surface area contributed by atoms with Crippen molar-refractivity contribution in [3.63, 3.8) is 0 Å². The largest absolute Gasteiger partial charge is 0.474 e. The first-order valence-electron chi connectivity index (χ1n) is 8.96. The van der Waals surface area contributed by atoms with E-state index in [-0.39, 0.29) is 11.4 Å². The van der Waals surface area contributed by atoms with Crippen LogP contribution in [0.5, 0.6) is 5.88 Å². The standard InChI is InChI=1S/C18H22ClN5O3S/c1-10(2)28(25,26)12-5-11(6-12)27-17-14-8-21-16(19)7-13(14)15(9-22-17)18(3,4)23-24-20/h7-12H,5-6H2,1-4H3. The molecule has 28 heavy (non-hydrogen) atoms. The van der Waals surface area contributed by atoms with Crippen LogP contribution < -0.4 is 4.74 Å². The maximum Gasteiger partial charge on any atom is 0.223 e. The van der Waals surface area contributed by atoms with Crippen LogP contribution in [0.1, 0.15) is 46.1 Å². The normalized spacial score (nSPS) is 19.9. The van der Waals surface area contributed by atoms with Gasteiger partial charge < -0.3 is 4.74 Å². The van der Waals surface area contributed by atoms with Crippen LogP contribution in [0.2, 0.25) is 5.15 Å². The Morgan fingerprint density at radius 2 is 1.96 bits per heavy atom. The number of sulfone groups is 1. The second kappa shape index (κ2) is 7.39. The van der Waals surface area contributed by atoms with Crippen molar-refractivity contribution in [1.82, 2.24) is 9.97 Å². The Bertz CT molecular complexity index is 1060. The van der Waals surface area contributed by atoms with Crippen LogP contribution in [0.4, 0.5) is 0 Å². The van der Waals surface area contributed by atoms with Gasteiger partial charge in [0.2, 0.25) is 5.88 Å². The number of ether oxygens (including phenoxy) is 1. The molecule has 0 saturated heterocycles. The first-order chi connectivity index (χ1) is 13.1. The number of aromatic nitrogens is 2. The molecule has 2 aromatic rings. The zero-order chi connectivity index (χ0) is 20.7. The fraction of sp³-hybridized carbons (Fsp3) is 0.556. The van der Waals surface area contributed by atoms with Crippen molar-refractivity contribution in [1.29, 1.82) is 0 Å². The van der Waals surface area contributed by atoms with Gasteiger partial charge in [-0.05, 0) is 36.4 Å². The highest BCUT2D eigenvalue weighted by Crippen LogP contribution is 2.38. The molecule has 2 heterocycles. The summed E-state index contributed by atoms with van der Waals surface area (Å²) in [6.07, 6.45) is 3.83. The molecule has 1 saturated carbocycles. The number of fused-ring (bicyclic) bond motifs is 1. The summed E-state index contributed by atoms with van der Waals surface area (Å²) >= 11 is 6.07. The number of hydrogen-bond acceptors (Lipinski definition) is 6. The van der Waals surface area contributed by atoms with Gasteiger partial charge in [-0.3, -0.25) is 0 Å². The van der Waals surface area contributed by atoms with Gasteiger partial charge >= 0.3 is 0 Å². The predicted octanol–water partition coefficient (Wildman–Crippen LogP) is 4.56. The van der Waals surface area contributed by atoms with Gasteiger partial charge in [0.05, 0.1) is 21.4 Å². The number of rotatable bonds is 6. The Hall–Kier alpha value is -2.09. The van der Waals surface area contributed by atoms with Crippen molar-refractivity contribution in [3.8, 4) is 5.88 Å². The van der Waals surface area contributed by atoms with E-state index >= 15 is 0 Å². The van der Waals surface area contributed by atoms with Crippen molar-refractivity contribution in [2.24, 2.45) is 5.11 Å². The van der Waals surface area contributed by atoms with Gasteiger partial charge in [-0.15, -0.1) is 0 Å². The van der Waals surface area contributed by atoms with E-state index in [1.165, 1.54) is 0 Å². The summed E-state index contributed by atoms with van der Waals surface area (Å²) in [5.41, 5.74) is 8.72. The highest BCUT2D eigenvalue weighted by molar-refractivity contribution is 7.92. The number of pyridine rings is 2. The summed E-state index contributed by atoms with van der Waals surface area (Å²) in [4.78, 5) is 11.4. The van der Waals surface area contributed by atoms with Crippen LogP contribution in [0.3, 0.4) is 0 Å². The fourth-order valence-corrected chi connectivity index (χ4v) is 5.15. The molecule has 150 valence electrons. The van der Waals surface area contributed by atoms with E-state index in [4.69, 9.17) is 21.9 Å². The topological polar surface area (TPSA) is 118 Å². The van der Waals surface area contributed by atoms with Crippen LogP contribution in [0, 0.1) is 0 Å². The lowest BCUT2D eigenvalue weighted by Crippen LogP contribution is -2.45. The second-order valence-corrected chi connectivity index (χ2v) is 10.9. The Labute approximate surface area is 168 Å². The fourth-order valence-electron chi connectivity index (χ4n) is 3.26. The summed E-state index contributed by atoms with van der Waals surface area (Å²) in [6.45, 7) is 6.95. The Morgan fingerprint density at radius 3 is 2.57 bits per heavy atom. The van der Waals surface area contributed by atoms with E-state index in [0.29, 0.717) is 34.8 Å². The van der Waals surface area contributed by atoms with E-state index < -0.39 is 20.6 Å². The highest BCUT2D eigenvalue weighted by atomic mass is 35.5. The number of nitrogens with zero attached hydrogens (tertiary/aromatic N) is 5. The van der Waals surface area contributed by atoms with Crippen LogP contribution >= 0.6 is 11.6 Å². The smallest absolute Gasteiger partial charge is 0.223 e. The zero-order valence-electron chi connectivity index (χ0n) is 16.1. The molecule has 0 N–H and O–H groups in total. The van der Waals surface area contributed by atoms with Crippen LogP contribution in [-0.2, 0) is 15.4 Å². The Balaban J connectivity index is 1.92. The average Bonchev–Trinajstić information content (AvgIpc) is 2.56. The SMILES string of the molecule is CC(C)S(=O)(=O)C1CC(Oc2ncc(C(C)(C)N=[N+]=[N-])c3cc(Cl)ncc23)C1. The van der Waals surface area contributed by atoms with Crippen molar-refractivity contribution >= 4 is 32.2 Å². The van der Waals surface area contributed by atoms with Crippen molar-refractivity contribution < 1.29 is 13.2 Å². The average molecular weight is 424 g/mol. The molecule has 10 heteroatoms. The Morgan fingerprint density at radius 1 is 1.29 bits per heavy atom. The molecule has 0 bridgehead atoms. The molecular weight excluding hydrogens is 402 g/mol. The summed E-state index contributed by atoms with van der Waals surface area (Å²) in [5, 5.41) is 4.74. The minimum atomic E-state index is -3.12. The first-order valence-corrected chi connectivity index (χ1v) is 11.0. The summed E-state index contributed by atoms with van der Waals surface area (Å²) in [5.74, 6) is 0.366. The van der Waals surface area contributed by atoms with Gasteiger partial charge in [0.1, 0.15) is 11.3 Å². The van der Waals surface area contributed by atoms with Gasteiger partial charge in [-0.2, -0.15) is 0 Å². The van der Waals surface area contributed by atoms with Gasteiger partial charge in [-0.25, -0.2) is 18.4 Å². The molecule has 1 aliphatic carbocycles. The first kappa shape index (κ1) is 20.6. The van der Waals surface area contributed by atoms with E-state index in [2.05, 4.69) is 20.0 Å². The number of azide groups is 1. The van der Waals surface area contributed by atoms with Crippen LogP contribution in [-0.4, -0.2) is 35.0 Å². The van der Waals surface area contributed by atoms with Gasteiger partial charge in [0.15, 0.2) is 9.84 Å². The van der Waals surface area contributed by atoms with Crippen molar-refractivity contribution in [3.05, 3.63) is 39.6 Å². The summed E-state index contributed by atoms with van der Waals surface area (Å²) in [7, 11) is -3.12. The maximum atomic E-state index is 12.2. The van der Waals surface area contributed by atoms with Crippen LogP contribution in [0.15, 0.2) is 23.6 Å². The highest BCUT2D eigenvalue weighted by Gasteiger charge is 2.41.